The Morgan fingerprint density at radius 3 is 2.58 bits per heavy atom. The Kier molecular flexibility index (Phi) is 5.85. The van der Waals surface area contributed by atoms with Gasteiger partial charge in [-0.25, -0.2) is 4.79 Å². The minimum Gasteiger partial charge on any atom is -0.490 e. The molecule has 0 saturated heterocycles. The van der Waals surface area contributed by atoms with E-state index in [1.54, 1.807) is 32.0 Å². The summed E-state index contributed by atoms with van der Waals surface area (Å²) in [4.78, 5) is 22.1. The first kappa shape index (κ1) is 15.0. The maximum atomic E-state index is 11.4. The van der Waals surface area contributed by atoms with E-state index in [4.69, 9.17) is 14.2 Å². The van der Waals surface area contributed by atoms with Gasteiger partial charge in [-0.2, -0.15) is 0 Å². The van der Waals surface area contributed by atoms with Gasteiger partial charge in [-0.3, -0.25) is 4.79 Å². The first-order valence-corrected chi connectivity index (χ1v) is 6.11. The maximum absolute atomic E-state index is 11.4. The third-order valence-corrected chi connectivity index (χ3v) is 2.12. The molecule has 0 aliphatic heterocycles. The summed E-state index contributed by atoms with van der Waals surface area (Å²) in [6.45, 7) is 5.60. The summed E-state index contributed by atoms with van der Waals surface area (Å²) in [6.07, 6.45) is 0.541. The van der Waals surface area contributed by atoms with Gasteiger partial charge in [0.05, 0.1) is 12.7 Å². The van der Waals surface area contributed by atoms with E-state index in [2.05, 4.69) is 0 Å². The van der Waals surface area contributed by atoms with Crippen molar-refractivity contribution < 1.29 is 23.8 Å². The minimum absolute atomic E-state index is 0.181. The van der Waals surface area contributed by atoms with Crippen molar-refractivity contribution in [1.29, 1.82) is 0 Å². The first-order chi connectivity index (χ1) is 9.06. The lowest BCUT2D eigenvalue weighted by Crippen LogP contribution is -2.19. The molecular weight excluding hydrogens is 248 g/mol. The zero-order chi connectivity index (χ0) is 14.3. The molecule has 0 amide bonds. The Bertz CT molecular complexity index is 439. The van der Waals surface area contributed by atoms with Crippen LogP contribution in [0.25, 0.3) is 0 Å². The third-order valence-electron chi connectivity index (χ3n) is 2.12. The second-order valence-corrected chi connectivity index (χ2v) is 4.08. The molecule has 5 heteroatoms. The molecule has 1 aromatic rings. The van der Waals surface area contributed by atoms with E-state index in [0.29, 0.717) is 23.7 Å². The highest BCUT2D eigenvalue weighted by molar-refractivity contribution is 5.76. The Morgan fingerprint density at radius 2 is 2.00 bits per heavy atom. The molecule has 0 fully saturated rings. The molecule has 19 heavy (non-hydrogen) atoms. The summed E-state index contributed by atoms with van der Waals surface area (Å²) < 4.78 is 15.6. The number of hydrogen-bond acceptors (Lipinski definition) is 5. The molecule has 0 spiro atoms. The lowest BCUT2D eigenvalue weighted by molar-refractivity contribution is -0.149. The number of rotatable bonds is 7. The van der Waals surface area contributed by atoms with Gasteiger partial charge in [0.2, 0.25) is 0 Å². The van der Waals surface area contributed by atoms with Crippen LogP contribution in [0.2, 0.25) is 0 Å². The van der Waals surface area contributed by atoms with Gasteiger partial charge in [0.25, 0.3) is 0 Å². The van der Waals surface area contributed by atoms with E-state index in [-0.39, 0.29) is 12.7 Å². The van der Waals surface area contributed by atoms with E-state index in [9.17, 15) is 9.59 Å². The van der Waals surface area contributed by atoms with Gasteiger partial charge < -0.3 is 14.2 Å². The van der Waals surface area contributed by atoms with E-state index in [0.717, 1.165) is 6.29 Å². The van der Waals surface area contributed by atoms with Crippen LogP contribution >= 0.6 is 0 Å². The number of carbonyl (C=O) groups excluding carboxylic acids is 2. The molecule has 0 aliphatic carbocycles. The van der Waals surface area contributed by atoms with E-state index in [1.165, 1.54) is 0 Å². The van der Waals surface area contributed by atoms with Crippen molar-refractivity contribution in [2.45, 2.75) is 26.9 Å². The van der Waals surface area contributed by atoms with Gasteiger partial charge in [-0.1, -0.05) is 0 Å². The summed E-state index contributed by atoms with van der Waals surface area (Å²) >= 11 is 0. The Hall–Kier alpha value is -2.04. The smallest absolute Gasteiger partial charge is 0.344 e. The molecule has 0 aliphatic rings. The summed E-state index contributed by atoms with van der Waals surface area (Å²) in [6, 6.07) is 4.76. The predicted octanol–water partition coefficient (Wildman–Crippen LogP) is 2.23. The van der Waals surface area contributed by atoms with Crippen LogP contribution in [0.3, 0.4) is 0 Å². The quantitative estimate of drug-likeness (QED) is 0.559. The molecule has 0 saturated carbocycles. The van der Waals surface area contributed by atoms with Crippen molar-refractivity contribution in [1.82, 2.24) is 0 Å². The van der Waals surface area contributed by atoms with Crippen LogP contribution in [0.4, 0.5) is 0 Å². The second-order valence-electron chi connectivity index (χ2n) is 4.08. The van der Waals surface area contributed by atoms with E-state index in [1.807, 2.05) is 6.92 Å². The van der Waals surface area contributed by atoms with Gasteiger partial charge in [0.1, 0.15) is 6.29 Å². The SMILES string of the molecule is CCOc1cc(C=O)ccc1OCC(=O)OC(C)C. The van der Waals surface area contributed by atoms with Crippen molar-refractivity contribution in [2.75, 3.05) is 13.2 Å². The van der Waals surface area contributed by atoms with Crippen LogP contribution in [0.1, 0.15) is 31.1 Å². The summed E-state index contributed by atoms with van der Waals surface area (Å²) in [5.41, 5.74) is 0.487. The molecule has 1 aromatic carbocycles. The fraction of sp³-hybridized carbons (Fsp3) is 0.429. The fourth-order valence-corrected chi connectivity index (χ4v) is 1.42. The molecule has 1 rings (SSSR count). The molecular formula is C14H18O5. The molecule has 104 valence electrons. The standard InChI is InChI=1S/C14H18O5/c1-4-17-13-7-11(8-15)5-6-12(13)18-9-14(16)19-10(2)3/h5-8,10H,4,9H2,1-3H3. The summed E-state index contributed by atoms with van der Waals surface area (Å²) in [5, 5.41) is 0. The Morgan fingerprint density at radius 1 is 1.26 bits per heavy atom. The van der Waals surface area contributed by atoms with Crippen molar-refractivity contribution in [3.63, 3.8) is 0 Å². The number of esters is 1. The minimum atomic E-state index is -0.447. The lowest BCUT2D eigenvalue weighted by atomic mass is 10.2. The summed E-state index contributed by atoms with van der Waals surface area (Å²) in [7, 11) is 0. The Balaban J connectivity index is 2.71. The van der Waals surface area contributed by atoms with Crippen LogP contribution in [0, 0.1) is 0 Å². The van der Waals surface area contributed by atoms with Crippen molar-refractivity contribution in [3.05, 3.63) is 23.8 Å². The molecule has 0 radical (unpaired) electrons. The van der Waals surface area contributed by atoms with Gasteiger partial charge in [-0.15, -0.1) is 0 Å². The van der Waals surface area contributed by atoms with Crippen LogP contribution in [-0.2, 0) is 9.53 Å². The molecule has 5 nitrogen and oxygen atoms in total. The maximum Gasteiger partial charge on any atom is 0.344 e. The van der Waals surface area contributed by atoms with Crippen molar-refractivity contribution in [3.8, 4) is 11.5 Å². The third kappa shape index (κ3) is 4.99. The van der Waals surface area contributed by atoms with Gasteiger partial charge >= 0.3 is 5.97 Å². The fourth-order valence-electron chi connectivity index (χ4n) is 1.42. The monoisotopic (exact) mass is 266 g/mol. The van der Waals surface area contributed by atoms with Gasteiger partial charge in [-0.05, 0) is 39.0 Å². The lowest BCUT2D eigenvalue weighted by Gasteiger charge is -2.13. The molecule has 0 N–H and O–H groups in total. The molecule has 0 aromatic heterocycles. The normalized spacial score (nSPS) is 10.1. The zero-order valence-corrected chi connectivity index (χ0v) is 11.3. The molecule has 0 bridgehead atoms. The van der Waals surface area contributed by atoms with Crippen LogP contribution in [-0.4, -0.2) is 31.6 Å². The molecule has 0 heterocycles. The average molecular weight is 266 g/mol. The molecule has 0 atom stereocenters. The second kappa shape index (κ2) is 7.41. The number of aldehydes is 1. The topological polar surface area (TPSA) is 61.8 Å². The number of hydrogen-bond donors (Lipinski definition) is 0. The van der Waals surface area contributed by atoms with E-state index >= 15 is 0 Å². The van der Waals surface area contributed by atoms with Crippen LogP contribution in [0.15, 0.2) is 18.2 Å². The first-order valence-electron chi connectivity index (χ1n) is 6.11. The number of carbonyl (C=O) groups is 2. The summed E-state index contributed by atoms with van der Waals surface area (Å²) in [5.74, 6) is 0.398. The predicted molar refractivity (Wildman–Crippen MR) is 69.7 cm³/mol. The van der Waals surface area contributed by atoms with Crippen LogP contribution < -0.4 is 9.47 Å². The Labute approximate surface area is 112 Å². The highest BCUT2D eigenvalue weighted by Crippen LogP contribution is 2.28. The van der Waals surface area contributed by atoms with Crippen LogP contribution in [0.5, 0.6) is 11.5 Å². The van der Waals surface area contributed by atoms with Crippen molar-refractivity contribution >= 4 is 12.3 Å². The van der Waals surface area contributed by atoms with Crippen molar-refractivity contribution in [2.24, 2.45) is 0 Å². The average Bonchev–Trinajstić information content (AvgIpc) is 2.36. The van der Waals surface area contributed by atoms with Gasteiger partial charge in [0, 0.05) is 5.56 Å². The molecule has 0 unspecified atom stereocenters. The largest absolute Gasteiger partial charge is 0.490 e. The highest BCUT2D eigenvalue weighted by Gasteiger charge is 2.10. The number of ether oxygens (including phenoxy) is 3. The van der Waals surface area contributed by atoms with E-state index < -0.39 is 5.97 Å². The van der Waals surface area contributed by atoms with Gasteiger partial charge in [0.15, 0.2) is 18.1 Å². The number of benzene rings is 1. The zero-order valence-electron chi connectivity index (χ0n) is 11.3. The highest BCUT2D eigenvalue weighted by atomic mass is 16.6.